The summed E-state index contributed by atoms with van der Waals surface area (Å²) in [5.74, 6) is -12.5. The van der Waals surface area contributed by atoms with E-state index in [0.717, 1.165) is 4.90 Å². The highest BCUT2D eigenvalue weighted by Crippen LogP contribution is 2.40. The highest BCUT2D eigenvalue weighted by molar-refractivity contribution is 7.78. The number of benzene rings is 1. The first-order valence-corrected chi connectivity index (χ1v) is 27.9. The van der Waals surface area contributed by atoms with Crippen LogP contribution in [0.3, 0.4) is 0 Å². The van der Waals surface area contributed by atoms with Gasteiger partial charge < -0.3 is 83.1 Å². The number of amides is 8. The van der Waals surface area contributed by atoms with Crippen LogP contribution in [0.25, 0.3) is 10.9 Å². The van der Waals surface area contributed by atoms with Crippen LogP contribution in [0.1, 0.15) is 79.2 Å². The minimum absolute atomic E-state index is 0. The van der Waals surface area contributed by atoms with Crippen molar-refractivity contribution < 1.29 is 78.6 Å². The fourth-order valence-corrected chi connectivity index (χ4v) is 11.6. The van der Waals surface area contributed by atoms with Gasteiger partial charge in [-0.25, -0.2) is 4.79 Å². The zero-order chi connectivity index (χ0) is 58.0. The molecule has 6 rings (SSSR count). The normalized spacial score (nSPS) is 25.8. The number of aromatic hydroxyl groups is 1. The first kappa shape index (κ1) is 64.2. The number of hydrogen-bond donors (Lipinski definition) is 12. The summed E-state index contributed by atoms with van der Waals surface area (Å²) in [6, 6.07) is -2.65. The number of carbonyl (C=O) groups excluding carboxylic acids is 10. The molecule has 1 aromatic heterocycles. The van der Waals surface area contributed by atoms with Gasteiger partial charge in [0.1, 0.15) is 40.9 Å². The predicted octanol–water partition coefficient (Wildman–Crippen LogP) is -3.20. The summed E-state index contributed by atoms with van der Waals surface area (Å²) < 4.78 is 5.36. The molecule has 444 valence electrons. The van der Waals surface area contributed by atoms with E-state index in [9.17, 15) is 68.4 Å². The Morgan fingerprint density at radius 1 is 0.887 bits per heavy atom. The summed E-state index contributed by atoms with van der Waals surface area (Å²) in [5.41, 5.74) is 6.19. The minimum Gasteiger partial charge on any atom is -0.870 e. The molecule has 0 unspecified atom stereocenters. The Labute approximate surface area is 467 Å². The molecule has 10 atom stereocenters. The summed E-state index contributed by atoms with van der Waals surface area (Å²) in [7, 11) is 0. The molecule has 14 N–H and O–H groups in total. The third-order valence-electron chi connectivity index (χ3n) is 15.0. The molecule has 5 heterocycles. The second-order valence-corrected chi connectivity index (χ2v) is 23.1. The molecule has 0 aliphatic carbocycles. The Bertz CT molecular complexity index is 2620. The van der Waals surface area contributed by atoms with Crippen molar-refractivity contribution in [3.8, 4) is 5.75 Å². The third kappa shape index (κ3) is 16.5. The van der Waals surface area contributed by atoms with Gasteiger partial charge in [0.2, 0.25) is 46.4 Å². The number of piperazine rings is 1. The van der Waals surface area contributed by atoms with Crippen LogP contribution in [0, 0.1) is 23.7 Å². The number of ketones is 2. The number of ether oxygens (including phenoxy) is 1. The number of nitrogens with two attached hydrogens (primary N) is 1. The first-order chi connectivity index (χ1) is 37.3. The molecule has 0 radical (unpaired) electrons. The molecule has 28 heteroatoms. The number of thiol groups is 1. The lowest BCUT2D eigenvalue weighted by atomic mass is 9.85. The molecule has 2 aromatic rings. The lowest BCUT2D eigenvalue weighted by Crippen LogP contribution is -2.56. The molecule has 4 aliphatic rings. The second kappa shape index (κ2) is 28.2. The first-order valence-electron chi connectivity index (χ1n) is 26.8. The zero-order valence-electron chi connectivity index (χ0n) is 46.0. The number of rotatable bonds is 11. The molecule has 0 saturated carbocycles. The van der Waals surface area contributed by atoms with Crippen LogP contribution in [0.5, 0.6) is 5.75 Å². The quantitative estimate of drug-likeness (QED) is 0.0779. The van der Waals surface area contributed by atoms with E-state index in [1.807, 2.05) is 4.90 Å². The van der Waals surface area contributed by atoms with Gasteiger partial charge in [0, 0.05) is 106 Å². The Morgan fingerprint density at radius 3 is 2.19 bits per heavy atom. The van der Waals surface area contributed by atoms with Gasteiger partial charge in [0.15, 0.2) is 11.6 Å². The average molecular weight is 1150 g/mol. The number of H-pyrrole nitrogens is 1. The fraction of sp³-hybridized carbons (Fsp3) is 0.654. The Kier molecular flexibility index (Phi) is 22.6. The van der Waals surface area contributed by atoms with Gasteiger partial charge in [-0.2, -0.15) is 0 Å². The number of nitrogens with zero attached hydrogens (tertiary/aromatic N) is 3. The number of carbonyl (C=O) groups is 10. The maximum Gasteiger partial charge on any atom is 0.407 e. The van der Waals surface area contributed by atoms with Gasteiger partial charge in [-0.1, -0.05) is 27.2 Å². The molecular weight excluding hydrogens is 1070 g/mol. The van der Waals surface area contributed by atoms with Gasteiger partial charge in [-0.15, -0.1) is 0 Å². The molecule has 2 saturated heterocycles. The molecule has 0 spiro atoms. The molecule has 2 bridgehead atoms. The molecule has 1 aromatic carbocycles. The summed E-state index contributed by atoms with van der Waals surface area (Å²) in [6.07, 6.45) is -5.69. The number of aromatic nitrogens is 1. The number of aromatic amines is 1. The van der Waals surface area contributed by atoms with Crippen LogP contribution in [0.4, 0.5) is 10.5 Å². The average Bonchev–Trinajstić information content (AvgIpc) is 4.16. The SMILES string of the molecule is CC[C@H](C)[C@@H]1NC(=O)CNC(=O)[C@@H]2CC(=O)[C@H]([C@@H](C)[C@@H](O)CO)NC(=O)[C@@H]3C[C@@H](O)CN3C(=O)[C@H](CC(N)=O)CC(=O)[C@H](C[SH+]c3[nH]c4c(N5CCN(CCNC(=O)OC(C)(C)C)CC5)c(O)ccc4c3C2)NC(=O)CNC1=O.[OH-]. The monoisotopic (exact) mass is 1150 g/mol. The number of anilines is 1. The molecule has 27 nitrogen and oxygen atoms in total. The topological polar surface area (TPSA) is 415 Å². The summed E-state index contributed by atoms with van der Waals surface area (Å²) in [6.45, 7) is 10.2. The van der Waals surface area contributed by atoms with Crippen molar-refractivity contribution in [1.29, 1.82) is 0 Å². The Balaban J connectivity index is 0.0000118. The van der Waals surface area contributed by atoms with Gasteiger partial charge in [0.05, 0.1) is 49.4 Å². The van der Waals surface area contributed by atoms with Crippen molar-refractivity contribution in [3.63, 3.8) is 0 Å². The van der Waals surface area contributed by atoms with E-state index in [0.29, 0.717) is 84.6 Å². The van der Waals surface area contributed by atoms with Crippen molar-refractivity contribution in [2.75, 3.05) is 76.2 Å². The maximum absolute atomic E-state index is 14.9. The largest absolute Gasteiger partial charge is 0.870 e. The number of phenolic OH excluding ortho intramolecular Hbond substituents is 1. The van der Waals surface area contributed by atoms with Crippen LogP contribution < -0.4 is 42.5 Å². The van der Waals surface area contributed by atoms with E-state index in [4.69, 9.17) is 10.5 Å². The fourth-order valence-electron chi connectivity index (χ4n) is 10.4. The number of aliphatic hydroxyl groups is 3. The Morgan fingerprint density at radius 2 is 1.55 bits per heavy atom. The number of phenols is 1. The number of aliphatic hydroxyl groups excluding tert-OH is 3. The van der Waals surface area contributed by atoms with Gasteiger partial charge in [-0.05, 0) is 45.2 Å². The van der Waals surface area contributed by atoms with Crippen LogP contribution in [0.2, 0.25) is 0 Å². The number of fused-ring (bicyclic) bond motifs is 5. The third-order valence-corrected chi connectivity index (χ3v) is 16.2. The number of hydrogen-bond acceptors (Lipinski definition) is 18. The van der Waals surface area contributed by atoms with Crippen LogP contribution in [-0.2, 0) is 66.1 Å². The smallest absolute Gasteiger partial charge is 0.407 e. The lowest BCUT2D eigenvalue weighted by molar-refractivity contribution is -0.145. The Hall–Kier alpha value is -6.59. The zero-order valence-corrected chi connectivity index (χ0v) is 46.9. The van der Waals surface area contributed by atoms with Gasteiger partial charge >= 0.3 is 6.09 Å². The van der Waals surface area contributed by atoms with E-state index in [-0.39, 0.29) is 29.8 Å². The highest BCUT2D eigenvalue weighted by Gasteiger charge is 2.45. The molecule has 8 amide bonds. The molecule has 80 heavy (non-hydrogen) atoms. The molecular formula is C52H79N11O16S. The predicted molar refractivity (Wildman–Crippen MR) is 290 cm³/mol. The lowest BCUT2D eigenvalue weighted by Gasteiger charge is -2.36. The van der Waals surface area contributed by atoms with Gasteiger partial charge in [0.25, 0.3) is 0 Å². The van der Waals surface area contributed by atoms with Gasteiger partial charge in [-0.3, -0.25) is 48.1 Å². The second-order valence-electron chi connectivity index (χ2n) is 22.0. The number of primary amides is 1. The van der Waals surface area contributed by atoms with Crippen molar-refractivity contribution >= 4 is 87.4 Å². The van der Waals surface area contributed by atoms with Crippen LogP contribution >= 0.6 is 0 Å². The van der Waals surface area contributed by atoms with Crippen LogP contribution in [0.15, 0.2) is 17.2 Å². The summed E-state index contributed by atoms with van der Waals surface area (Å²) in [4.78, 5) is 148. The number of Topliss-reactive ketones (excluding diaryl/α,β-unsaturated/α-hetero) is 2. The summed E-state index contributed by atoms with van der Waals surface area (Å²) >= 11 is 0.292. The maximum atomic E-state index is 14.9. The highest BCUT2D eigenvalue weighted by atomic mass is 32.2. The molecule has 2 fully saturated rings. The standard InChI is InChI=1S/C52H77N11O15S.H2O/c1-7-26(2)42-48(75)56-21-40(71)57-33-25-79-49-32(31-8-9-35(66)45(44(31)60-49)62-14-12-61(13-15-62)11-10-54-51(77)78-52(4,5)6)16-28(46(73)55-22-41(72)58-42)17-37(68)43(27(3)38(69)24-64)59-47(74)34-20-30(65)23-63(34)50(76)29(18-36(33)67)19-39(53)70;/h8-9,26-30,33-34,38,42-43,60,64-66,69H,7,10-25H2,1-6H3,(H2,53,70)(H,54,77)(H,55,73)(H,56,75)(H,57,71)(H,58,72)(H,59,74);1H2/t26-,27-,28-,29-,30+,33-,34-,38-,42-,43-;/m0./s1. The van der Waals surface area contributed by atoms with Crippen molar-refractivity contribution in [1.82, 2.24) is 46.7 Å². The van der Waals surface area contributed by atoms with E-state index in [1.165, 1.54) is 13.0 Å². The minimum atomic E-state index is -1.63. The van der Waals surface area contributed by atoms with E-state index in [2.05, 4.69) is 41.8 Å². The van der Waals surface area contributed by atoms with E-state index < -0.39 is 170 Å². The van der Waals surface area contributed by atoms with Crippen molar-refractivity contribution in [2.45, 2.75) is 127 Å². The van der Waals surface area contributed by atoms with Crippen LogP contribution in [-0.4, -0.2) is 213 Å². The van der Waals surface area contributed by atoms with Crippen molar-refractivity contribution in [3.05, 3.63) is 17.7 Å². The summed E-state index contributed by atoms with van der Waals surface area (Å²) in [5, 5.41) is 60.2. The molecule has 4 aliphatic heterocycles. The van der Waals surface area contributed by atoms with E-state index in [1.54, 1.807) is 40.7 Å². The number of alkyl carbamates (subject to hydrolysis) is 1. The number of nitrogens with one attached hydrogen (secondary N) is 7. The van der Waals surface area contributed by atoms with Crippen molar-refractivity contribution in [2.24, 2.45) is 29.4 Å². The van der Waals surface area contributed by atoms with E-state index >= 15 is 0 Å².